The SMILES string of the molecule is C\C=C/N=C1/NC(CCC)=N/C1=C/C. The van der Waals surface area contributed by atoms with Gasteiger partial charge in [-0.2, -0.15) is 0 Å². The molecule has 0 saturated heterocycles. The van der Waals surface area contributed by atoms with Crippen molar-refractivity contribution in [3.8, 4) is 0 Å². The molecule has 0 bridgehead atoms. The van der Waals surface area contributed by atoms with Crippen molar-refractivity contribution in [3.63, 3.8) is 0 Å². The summed E-state index contributed by atoms with van der Waals surface area (Å²) >= 11 is 0. The highest BCUT2D eigenvalue weighted by atomic mass is 15.1. The highest BCUT2D eigenvalue weighted by Crippen LogP contribution is 2.09. The Morgan fingerprint density at radius 1 is 1.43 bits per heavy atom. The van der Waals surface area contributed by atoms with Crippen molar-refractivity contribution in [1.29, 1.82) is 0 Å². The Morgan fingerprint density at radius 2 is 2.21 bits per heavy atom. The second-order valence-electron chi connectivity index (χ2n) is 3.07. The molecule has 14 heavy (non-hydrogen) atoms. The zero-order valence-corrected chi connectivity index (χ0v) is 9.04. The van der Waals surface area contributed by atoms with Crippen LogP contribution in [0, 0.1) is 0 Å². The molecule has 3 heteroatoms. The van der Waals surface area contributed by atoms with E-state index in [-0.39, 0.29) is 0 Å². The molecule has 0 aliphatic carbocycles. The first-order valence-electron chi connectivity index (χ1n) is 5.02. The van der Waals surface area contributed by atoms with Gasteiger partial charge in [-0.15, -0.1) is 0 Å². The molecular weight excluding hydrogens is 174 g/mol. The van der Waals surface area contributed by atoms with Gasteiger partial charge in [0.2, 0.25) is 0 Å². The van der Waals surface area contributed by atoms with Gasteiger partial charge >= 0.3 is 0 Å². The minimum absolute atomic E-state index is 0.856. The van der Waals surface area contributed by atoms with Crippen molar-refractivity contribution in [3.05, 3.63) is 24.0 Å². The van der Waals surface area contributed by atoms with Crippen LogP contribution in [0.3, 0.4) is 0 Å². The van der Waals surface area contributed by atoms with Crippen LogP contribution in [0.25, 0.3) is 0 Å². The van der Waals surface area contributed by atoms with E-state index in [1.165, 1.54) is 0 Å². The Hall–Kier alpha value is -1.38. The Morgan fingerprint density at radius 3 is 2.79 bits per heavy atom. The van der Waals surface area contributed by atoms with Crippen molar-refractivity contribution in [1.82, 2.24) is 5.32 Å². The Labute approximate surface area is 85.3 Å². The third kappa shape index (κ3) is 2.55. The molecule has 0 aromatic heterocycles. The van der Waals surface area contributed by atoms with Crippen molar-refractivity contribution in [2.45, 2.75) is 33.6 Å². The number of amidine groups is 2. The number of allylic oxidation sites excluding steroid dienone is 2. The number of hydrogen-bond donors (Lipinski definition) is 1. The van der Waals surface area contributed by atoms with Gasteiger partial charge in [0, 0.05) is 12.6 Å². The molecule has 0 aromatic rings. The molecule has 1 N–H and O–H groups in total. The lowest BCUT2D eigenvalue weighted by molar-refractivity contribution is 0.974. The fourth-order valence-corrected chi connectivity index (χ4v) is 1.23. The van der Waals surface area contributed by atoms with Gasteiger partial charge in [0.1, 0.15) is 11.5 Å². The number of nitrogens with one attached hydrogen (secondary N) is 1. The Kier molecular flexibility index (Phi) is 4.11. The molecule has 0 aromatic carbocycles. The number of hydrogen-bond acceptors (Lipinski definition) is 2. The lowest BCUT2D eigenvalue weighted by Gasteiger charge is -1.98. The van der Waals surface area contributed by atoms with Crippen molar-refractivity contribution in [2.24, 2.45) is 9.98 Å². The molecule has 0 unspecified atom stereocenters. The van der Waals surface area contributed by atoms with Crippen LogP contribution in [0.15, 0.2) is 34.0 Å². The topological polar surface area (TPSA) is 36.8 Å². The van der Waals surface area contributed by atoms with Crippen LogP contribution in [-0.2, 0) is 0 Å². The Bertz CT molecular complexity index is 308. The molecule has 0 amide bonds. The lowest BCUT2D eigenvalue weighted by Crippen LogP contribution is -2.23. The number of aliphatic imine (C=N–C) groups is 2. The minimum Gasteiger partial charge on any atom is -0.327 e. The molecule has 1 aliphatic rings. The maximum absolute atomic E-state index is 4.43. The second kappa shape index (κ2) is 5.37. The molecule has 1 heterocycles. The van der Waals surface area contributed by atoms with Gasteiger partial charge in [-0.3, -0.25) is 0 Å². The van der Waals surface area contributed by atoms with E-state index in [0.29, 0.717) is 0 Å². The predicted octanol–water partition coefficient (Wildman–Crippen LogP) is 2.62. The normalized spacial score (nSPS) is 22.1. The third-order valence-corrected chi connectivity index (χ3v) is 1.87. The van der Waals surface area contributed by atoms with Crippen LogP contribution in [0.4, 0.5) is 0 Å². The molecule has 0 saturated carbocycles. The van der Waals surface area contributed by atoms with Crippen LogP contribution in [0.2, 0.25) is 0 Å². The van der Waals surface area contributed by atoms with Gasteiger partial charge in [0.15, 0.2) is 5.84 Å². The average Bonchev–Trinajstić information content (AvgIpc) is 2.58. The standard InChI is InChI=1S/C11H17N3/c1-4-7-10-13-9(6-3)11(14-10)12-8-5-2/h5-6,8H,4,7H2,1-3H3,(H,12,13,14)/b8-5-,9-6+. The van der Waals surface area contributed by atoms with E-state index >= 15 is 0 Å². The van der Waals surface area contributed by atoms with Crippen molar-refractivity contribution in [2.75, 3.05) is 0 Å². The summed E-state index contributed by atoms with van der Waals surface area (Å²) in [5.41, 5.74) is 0.937. The molecule has 0 radical (unpaired) electrons. The van der Waals surface area contributed by atoms with Crippen LogP contribution < -0.4 is 5.32 Å². The largest absolute Gasteiger partial charge is 0.327 e. The van der Waals surface area contributed by atoms with E-state index in [4.69, 9.17) is 0 Å². The maximum Gasteiger partial charge on any atom is 0.156 e. The second-order valence-corrected chi connectivity index (χ2v) is 3.07. The van der Waals surface area contributed by atoms with Crippen molar-refractivity contribution < 1.29 is 0 Å². The van der Waals surface area contributed by atoms with Gasteiger partial charge in [-0.1, -0.05) is 19.1 Å². The van der Waals surface area contributed by atoms with Crippen LogP contribution in [-0.4, -0.2) is 11.7 Å². The first-order chi connectivity index (χ1) is 6.81. The zero-order chi connectivity index (χ0) is 10.4. The van der Waals surface area contributed by atoms with E-state index in [9.17, 15) is 0 Å². The van der Waals surface area contributed by atoms with E-state index in [1.807, 2.05) is 26.0 Å². The first kappa shape index (κ1) is 10.7. The van der Waals surface area contributed by atoms with Crippen molar-refractivity contribution >= 4 is 11.7 Å². The maximum atomic E-state index is 4.43. The van der Waals surface area contributed by atoms with E-state index in [0.717, 1.165) is 30.2 Å². The van der Waals surface area contributed by atoms with E-state index in [1.54, 1.807) is 6.20 Å². The number of rotatable bonds is 3. The highest BCUT2D eigenvalue weighted by Gasteiger charge is 2.15. The molecular formula is C11H17N3. The summed E-state index contributed by atoms with van der Waals surface area (Å²) in [5.74, 6) is 1.87. The van der Waals surface area contributed by atoms with Crippen LogP contribution in [0.5, 0.6) is 0 Å². The van der Waals surface area contributed by atoms with Gasteiger partial charge in [0.25, 0.3) is 0 Å². The molecule has 1 aliphatic heterocycles. The summed E-state index contributed by atoms with van der Waals surface area (Å²) < 4.78 is 0. The molecule has 0 atom stereocenters. The zero-order valence-electron chi connectivity index (χ0n) is 9.04. The minimum atomic E-state index is 0.856. The molecule has 1 rings (SSSR count). The average molecular weight is 191 g/mol. The summed E-state index contributed by atoms with van der Waals surface area (Å²) in [6, 6.07) is 0. The van der Waals surface area contributed by atoms with E-state index < -0.39 is 0 Å². The summed E-state index contributed by atoms with van der Waals surface area (Å²) in [7, 11) is 0. The molecule has 3 nitrogen and oxygen atoms in total. The van der Waals surface area contributed by atoms with E-state index in [2.05, 4.69) is 22.2 Å². The summed E-state index contributed by atoms with van der Waals surface area (Å²) in [6.07, 6.45) is 7.72. The summed E-state index contributed by atoms with van der Waals surface area (Å²) in [6.45, 7) is 6.06. The lowest BCUT2D eigenvalue weighted by atomic mass is 10.3. The van der Waals surface area contributed by atoms with Crippen LogP contribution in [0.1, 0.15) is 33.6 Å². The summed E-state index contributed by atoms with van der Waals surface area (Å²) in [4.78, 5) is 8.70. The fraction of sp³-hybridized carbons (Fsp3) is 0.455. The fourth-order valence-electron chi connectivity index (χ4n) is 1.23. The summed E-state index contributed by atoms with van der Waals surface area (Å²) in [5, 5.41) is 3.21. The van der Waals surface area contributed by atoms with Gasteiger partial charge in [-0.05, 0) is 20.3 Å². The molecule has 76 valence electrons. The number of nitrogens with zero attached hydrogens (tertiary/aromatic N) is 2. The first-order valence-corrected chi connectivity index (χ1v) is 5.02. The quantitative estimate of drug-likeness (QED) is 0.731. The molecule has 0 fully saturated rings. The Balaban J connectivity index is 2.77. The monoisotopic (exact) mass is 191 g/mol. The highest BCUT2D eigenvalue weighted by molar-refractivity contribution is 6.15. The van der Waals surface area contributed by atoms with Crippen LogP contribution >= 0.6 is 0 Å². The van der Waals surface area contributed by atoms with Gasteiger partial charge in [-0.25, -0.2) is 9.98 Å². The smallest absolute Gasteiger partial charge is 0.156 e. The van der Waals surface area contributed by atoms with Gasteiger partial charge < -0.3 is 5.32 Å². The molecule has 0 spiro atoms. The third-order valence-electron chi connectivity index (χ3n) is 1.87. The predicted molar refractivity (Wildman–Crippen MR) is 61.5 cm³/mol. The van der Waals surface area contributed by atoms with Gasteiger partial charge in [0.05, 0.1) is 0 Å².